The van der Waals surface area contributed by atoms with Crippen LogP contribution in [0.3, 0.4) is 0 Å². The molecule has 4 heteroatoms. The van der Waals surface area contributed by atoms with Gasteiger partial charge >= 0.3 is 0 Å². The third-order valence-corrected chi connectivity index (χ3v) is 1.92. The molecule has 0 radical (unpaired) electrons. The second-order valence-corrected chi connectivity index (χ2v) is 3.76. The van der Waals surface area contributed by atoms with Gasteiger partial charge in [0.15, 0.2) is 0 Å². The monoisotopic (exact) mass is 259 g/mol. The van der Waals surface area contributed by atoms with E-state index in [1.54, 1.807) is 24.3 Å². The van der Waals surface area contributed by atoms with Crippen LogP contribution >= 0.6 is 27.5 Å². The van der Waals surface area contributed by atoms with Crippen molar-refractivity contribution in [1.29, 1.82) is 0 Å². The number of carbonyl (C=O) groups excluding carboxylic acids is 1. The van der Waals surface area contributed by atoms with E-state index < -0.39 is 0 Å². The first-order valence-corrected chi connectivity index (χ1v) is 4.68. The lowest BCUT2D eigenvalue weighted by Gasteiger charge is -2.03. The highest BCUT2D eigenvalue weighted by Gasteiger charge is 2.03. The summed E-state index contributed by atoms with van der Waals surface area (Å²) < 4.78 is 0.285. The molecule has 0 unspecified atom stereocenters. The molecule has 13 heavy (non-hydrogen) atoms. The van der Waals surface area contributed by atoms with E-state index in [0.717, 1.165) is 0 Å². The molecule has 1 rings (SSSR count). The fourth-order valence-corrected chi connectivity index (χ4v) is 1.05. The van der Waals surface area contributed by atoms with Gasteiger partial charge in [-0.2, -0.15) is 0 Å². The van der Waals surface area contributed by atoms with Crippen LogP contribution in [0.2, 0.25) is 5.02 Å². The van der Waals surface area contributed by atoms with E-state index in [1.165, 1.54) is 0 Å². The van der Waals surface area contributed by atoms with Gasteiger partial charge in [-0.05, 0) is 34.1 Å². The molecule has 0 aliphatic carbocycles. The van der Waals surface area contributed by atoms with Crippen LogP contribution < -0.4 is 5.32 Å². The molecule has 0 saturated carbocycles. The fraction of sp³-hybridized carbons (Fsp3) is 0. The lowest BCUT2D eigenvalue weighted by molar-refractivity contribution is -0.112. The Labute approximate surface area is 89.7 Å². The van der Waals surface area contributed by atoms with Gasteiger partial charge in [0, 0.05) is 10.7 Å². The van der Waals surface area contributed by atoms with E-state index in [2.05, 4.69) is 27.8 Å². The maximum absolute atomic E-state index is 11.1. The third-order valence-electron chi connectivity index (χ3n) is 1.33. The van der Waals surface area contributed by atoms with Gasteiger partial charge in [-0.3, -0.25) is 4.79 Å². The second-order valence-electron chi connectivity index (χ2n) is 2.37. The van der Waals surface area contributed by atoms with Gasteiger partial charge in [0.25, 0.3) is 5.91 Å². The minimum absolute atomic E-state index is 0.276. The Morgan fingerprint density at radius 2 is 2.23 bits per heavy atom. The van der Waals surface area contributed by atoms with Gasteiger partial charge in [-0.1, -0.05) is 24.2 Å². The number of halogens is 2. The van der Waals surface area contributed by atoms with Crippen molar-refractivity contribution in [1.82, 2.24) is 0 Å². The first-order chi connectivity index (χ1) is 6.09. The molecule has 0 fully saturated rings. The Hall–Kier alpha value is -0.800. The lowest BCUT2D eigenvalue weighted by Crippen LogP contribution is -2.10. The van der Waals surface area contributed by atoms with Crippen LogP contribution in [0.4, 0.5) is 5.69 Å². The molecule has 0 saturated heterocycles. The highest BCUT2D eigenvalue weighted by molar-refractivity contribution is 9.12. The van der Waals surface area contributed by atoms with E-state index >= 15 is 0 Å². The summed E-state index contributed by atoms with van der Waals surface area (Å²) in [7, 11) is 0. The maximum Gasteiger partial charge on any atom is 0.262 e. The molecular weight excluding hydrogens is 253 g/mol. The maximum atomic E-state index is 11.1. The van der Waals surface area contributed by atoms with E-state index in [9.17, 15) is 4.79 Å². The van der Waals surface area contributed by atoms with Crippen molar-refractivity contribution in [3.05, 3.63) is 40.3 Å². The number of nitrogens with one attached hydrogen (secondary N) is 1. The summed E-state index contributed by atoms with van der Waals surface area (Å²) in [6.45, 7) is 3.45. The molecule has 0 spiro atoms. The molecule has 1 aromatic carbocycles. The number of carbonyl (C=O) groups is 1. The van der Waals surface area contributed by atoms with Gasteiger partial charge in [0.2, 0.25) is 0 Å². The highest BCUT2D eigenvalue weighted by atomic mass is 79.9. The zero-order chi connectivity index (χ0) is 9.84. The van der Waals surface area contributed by atoms with E-state index in [1.807, 2.05) is 0 Å². The Morgan fingerprint density at radius 3 is 2.77 bits per heavy atom. The molecule has 0 aliphatic heterocycles. The number of anilines is 1. The average molecular weight is 261 g/mol. The number of amides is 1. The number of rotatable bonds is 2. The van der Waals surface area contributed by atoms with Gasteiger partial charge in [0.1, 0.15) is 0 Å². The minimum atomic E-state index is -0.276. The standard InChI is InChI=1S/C9H7BrClNO/c1-6(10)9(13)12-8-4-2-3-7(11)5-8/h2-5H,1H2,(H,12,13). The largest absolute Gasteiger partial charge is 0.322 e. The Bertz CT molecular complexity index is 351. The summed E-state index contributed by atoms with van der Waals surface area (Å²) in [5.41, 5.74) is 0.651. The third kappa shape index (κ3) is 3.20. The van der Waals surface area contributed by atoms with Gasteiger partial charge in [0.05, 0.1) is 4.48 Å². The molecule has 1 N–H and O–H groups in total. The van der Waals surface area contributed by atoms with Crippen LogP contribution in [-0.4, -0.2) is 5.91 Å². The van der Waals surface area contributed by atoms with Crippen LogP contribution in [0.1, 0.15) is 0 Å². The molecule has 1 amide bonds. The van der Waals surface area contributed by atoms with Crippen LogP contribution in [0, 0.1) is 0 Å². The molecule has 0 aromatic heterocycles. The van der Waals surface area contributed by atoms with E-state index in [4.69, 9.17) is 11.6 Å². The predicted octanol–water partition coefficient (Wildman–Crippen LogP) is 3.19. The van der Waals surface area contributed by atoms with Crippen molar-refractivity contribution in [2.75, 3.05) is 5.32 Å². The average Bonchev–Trinajstić information content (AvgIpc) is 2.04. The van der Waals surface area contributed by atoms with Gasteiger partial charge < -0.3 is 5.32 Å². The first-order valence-electron chi connectivity index (χ1n) is 3.51. The fourth-order valence-electron chi connectivity index (χ4n) is 0.765. The summed E-state index contributed by atoms with van der Waals surface area (Å²) in [6, 6.07) is 6.91. The van der Waals surface area contributed by atoms with Crippen molar-refractivity contribution in [2.24, 2.45) is 0 Å². The molecular formula is C9H7BrClNO. The molecule has 0 aliphatic rings. The van der Waals surface area contributed by atoms with Gasteiger partial charge in [-0.25, -0.2) is 0 Å². The van der Waals surface area contributed by atoms with Crippen molar-refractivity contribution >= 4 is 39.1 Å². The predicted molar refractivity (Wildman–Crippen MR) is 58.1 cm³/mol. The van der Waals surface area contributed by atoms with Gasteiger partial charge in [-0.15, -0.1) is 0 Å². The quantitative estimate of drug-likeness (QED) is 0.813. The molecule has 0 atom stereocenters. The van der Waals surface area contributed by atoms with Crippen LogP contribution in [0.15, 0.2) is 35.3 Å². The van der Waals surface area contributed by atoms with Crippen molar-refractivity contribution in [3.8, 4) is 0 Å². The number of hydrogen-bond donors (Lipinski definition) is 1. The Morgan fingerprint density at radius 1 is 1.54 bits per heavy atom. The number of benzene rings is 1. The highest BCUT2D eigenvalue weighted by Crippen LogP contribution is 2.16. The SMILES string of the molecule is C=C(Br)C(=O)Nc1cccc(Cl)c1. The molecule has 0 heterocycles. The van der Waals surface area contributed by atoms with E-state index in [-0.39, 0.29) is 10.4 Å². The Balaban J connectivity index is 2.75. The van der Waals surface area contributed by atoms with Crippen molar-refractivity contribution in [3.63, 3.8) is 0 Å². The minimum Gasteiger partial charge on any atom is -0.322 e. The summed E-state index contributed by atoms with van der Waals surface area (Å²) in [5.74, 6) is -0.276. The summed E-state index contributed by atoms with van der Waals surface area (Å²) in [4.78, 5) is 11.1. The molecule has 2 nitrogen and oxygen atoms in total. The van der Waals surface area contributed by atoms with Crippen molar-refractivity contribution in [2.45, 2.75) is 0 Å². The van der Waals surface area contributed by atoms with Crippen LogP contribution in [-0.2, 0) is 4.79 Å². The summed E-state index contributed by atoms with van der Waals surface area (Å²) >= 11 is 8.70. The Kier molecular flexibility index (Phi) is 3.51. The lowest BCUT2D eigenvalue weighted by atomic mass is 10.3. The van der Waals surface area contributed by atoms with Crippen LogP contribution in [0.25, 0.3) is 0 Å². The zero-order valence-electron chi connectivity index (χ0n) is 6.68. The zero-order valence-corrected chi connectivity index (χ0v) is 9.02. The van der Waals surface area contributed by atoms with Crippen molar-refractivity contribution < 1.29 is 4.79 Å². The normalized spacial score (nSPS) is 9.38. The topological polar surface area (TPSA) is 29.1 Å². The smallest absolute Gasteiger partial charge is 0.262 e. The molecule has 1 aromatic rings. The van der Waals surface area contributed by atoms with E-state index in [0.29, 0.717) is 10.7 Å². The first kappa shape index (κ1) is 10.3. The summed E-state index contributed by atoms with van der Waals surface area (Å²) in [6.07, 6.45) is 0. The molecule has 68 valence electrons. The second kappa shape index (κ2) is 4.44. The number of hydrogen-bond acceptors (Lipinski definition) is 1. The van der Waals surface area contributed by atoms with Crippen LogP contribution in [0.5, 0.6) is 0 Å². The summed E-state index contributed by atoms with van der Waals surface area (Å²) in [5, 5.41) is 3.19. The molecule has 0 bridgehead atoms.